The molecule has 2 aliphatic heterocycles. The molecular formula is C14H28N2O. The predicted molar refractivity (Wildman–Crippen MR) is 71.3 cm³/mol. The van der Waals surface area contributed by atoms with Gasteiger partial charge in [-0.05, 0) is 71.1 Å². The molecule has 0 aromatic rings. The maximum atomic E-state index is 5.41. The highest BCUT2D eigenvalue weighted by atomic mass is 16.5. The summed E-state index contributed by atoms with van der Waals surface area (Å²) in [7, 11) is 2.29. The molecule has 2 aliphatic rings. The first-order valence-corrected chi connectivity index (χ1v) is 7.35. The fourth-order valence-corrected chi connectivity index (χ4v) is 3.11. The Kier molecular flexibility index (Phi) is 5.75. The van der Waals surface area contributed by atoms with Crippen LogP contribution >= 0.6 is 0 Å². The maximum absolute atomic E-state index is 5.41. The largest absolute Gasteiger partial charge is 0.381 e. The number of nitrogens with one attached hydrogen (secondary N) is 1. The van der Waals surface area contributed by atoms with Crippen molar-refractivity contribution in [2.75, 3.05) is 39.9 Å². The van der Waals surface area contributed by atoms with Crippen molar-refractivity contribution in [1.29, 1.82) is 0 Å². The number of rotatable bonds is 5. The van der Waals surface area contributed by atoms with E-state index in [1.54, 1.807) is 0 Å². The van der Waals surface area contributed by atoms with Crippen molar-refractivity contribution in [3.8, 4) is 0 Å². The van der Waals surface area contributed by atoms with Gasteiger partial charge >= 0.3 is 0 Å². The second kappa shape index (κ2) is 7.34. The van der Waals surface area contributed by atoms with Gasteiger partial charge in [0, 0.05) is 19.3 Å². The van der Waals surface area contributed by atoms with Gasteiger partial charge in [0.2, 0.25) is 0 Å². The van der Waals surface area contributed by atoms with Gasteiger partial charge in [0.05, 0.1) is 0 Å². The Labute approximate surface area is 106 Å². The lowest BCUT2D eigenvalue weighted by molar-refractivity contribution is 0.0422. The first-order valence-electron chi connectivity index (χ1n) is 7.35. The monoisotopic (exact) mass is 240 g/mol. The van der Waals surface area contributed by atoms with Crippen molar-refractivity contribution in [3.05, 3.63) is 0 Å². The third kappa shape index (κ3) is 4.57. The van der Waals surface area contributed by atoms with Crippen LogP contribution < -0.4 is 5.32 Å². The highest BCUT2D eigenvalue weighted by Crippen LogP contribution is 2.18. The molecule has 1 N–H and O–H groups in total. The molecule has 0 spiro atoms. The first-order chi connectivity index (χ1) is 8.36. The normalized spacial score (nSPS) is 27.5. The van der Waals surface area contributed by atoms with Crippen molar-refractivity contribution in [2.45, 2.75) is 44.6 Å². The van der Waals surface area contributed by atoms with Crippen molar-refractivity contribution in [3.63, 3.8) is 0 Å². The molecule has 2 heterocycles. The minimum atomic E-state index is 0.772. The van der Waals surface area contributed by atoms with Crippen LogP contribution in [0.4, 0.5) is 0 Å². The van der Waals surface area contributed by atoms with Crippen LogP contribution in [0.1, 0.15) is 38.5 Å². The van der Waals surface area contributed by atoms with E-state index in [0.29, 0.717) is 0 Å². The van der Waals surface area contributed by atoms with E-state index < -0.39 is 0 Å². The van der Waals surface area contributed by atoms with Crippen LogP contribution in [0.2, 0.25) is 0 Å². The molecular weight excluding hydrogens is 212 g/mol. The summed E-state index contributed by atoms with van der Waals surface area (Å²) < 4.78 is 5.41. The topological polar surface area (TPSA) is 24.5 Å². The zero-order valence-corrected chi connectivity index (χ0v) is 11.3. The van der Waals surface area contributed by atoms with Gasteiger partial charge in [-0.25, -0.2) is 0 Å². The highest BCUT2D eigenvalue weighted by Gasteiger charge is 2.18. The second-order valence-electron chi connectivity index (χ2n) is 5.68. The van der Waals surface area contributed by atoms with Gasteiger partial charge in [-0.1, -0.05) is 0 Å². The Morgan fingerprint density at radius 1 is 1.24 bits per heavy atom. The van der Waals surface area contributed by atoms with Crippen LogP contribution in [0.25, 0.3) is 0 Å². The molecule has 1 unspecified atom stereocenters. The van der Waals surface area contributed by atoms with Crippen molar-refractivity contribution in [2.24, 2.45) is 5.92 Å². The second-order valence-corrected chi connectivity index (χ2v) is 5.68. The summed E-state index contributed by atoms with van der Waals surface area (Å²) in [6.45, 7) is 5.67. The van der Waals surface area contributed by atoms with E-state index in [0.717, 1.165) is 25.2 Å². The summed E-state index contributed by atoms with van der Waals surface area (Å²) in [4.78, 5) is 2.55. The molecule has 0 saturated carbocycles. The molecule has 0 amide bonds. The Balaban J connectivity index is 1.57. The van der Waals surface area contributed by atoms with Crippen molar-refractivity contribution < 1.29 is 4.74 Å². The van der Waals surface area contributed by atoms with Gasteiger partial charge in [-0.2, -0.15) is 0 Å². The van der Waals surface area contributed by atoms with Gasteiger partial charge in [0.15, 0.2) is 0 Å². The molecule has 0 bridgehead atoms. The molecule has 3 heteroatoms. The van der Waals surface area contributed by atoms with Crippen LogP contribution in [0, 0.1) is 5.92 Å². The van der Waals surface area contributed by atoms with Crippen molar-refractivity contribution >= 4 is 0 Å². The average Bonchev–Trinajstić information content (AvgIpc) is 2.41. The van der Waals surface area contributed by atoms with E-state index in [1.807, 2.05) is 0 Å². The first kappa shape index (κ1) is 13.3. The SMILES string of the molecule is CN(CCCC1CCCNC1)C1CCOCC1. The fourth-order valence-electron chi connectivity index (χ4n) is 3.11. The predicted octanol–water partition coefficient (Wildman–Crippen LogP) is 1.88. The van der Waals surface area contributed by atoms with E-state index in [2.05, 4.69) is 17.3 Å². The van der Waals surface area contributed by atoms with Crippen molar-refractivity contribution in [1.82, 2.24) is 10.2 Å². The number of hydrogen-bond acceptors (Lipinski definition) is 3. The van der Waals surface area contributed by atoms with Crippen LogP contribution in [-0.2, 0) is 4.74 Å². The Hall–Kier alpha value is -0.120. The zero-order valence-electron chi connectivity index (χ0n) is 11.3. The van der Waals surface area contributed by atoms with Gasteiger partial charge in [0.1, 0.15) is 0 Å². The van der Waals surface area contributed by atoms with E-state index in [4.69, 9.17) is 4.74 Å². The number of nitrogens with zero attached hydrogens (tertiary/aromatic N) is 1. The van der Waals surface area contributed by atoms with Crippen LogP contribution in [0.3, 0.4) is 0 Å². The fraction of sp³-hybridized carbons (Fsp3) is 1.00. The molecule has 2 saturated heterocycles. The Morgan fingerprint density at radius 3 is 2.76 bits per heavy atom. The smallest absolute Gasteiger partial charge is 0.0480 e. The zero-order chi connectivity index (χ0) is 11.9. The molecule has 2 rings (SSSR count). The molecule has 2 fully saturated rings. The van der Waals surface area contributed by atoms with Crippen LogP contribution in [0.5, 0.6) is 0 Å². The minimum Gasteiger partial charge on any atom is -0.381 e. The molecule has 0 aromatic carbocycles. The molecule has 0 aliphatic carbocycles. The molecule has 0 radical (unpaired) electrons. The van der Waals surface area contributed by atoms with E-state index in [9.17, 15) is 0 Å². The van der Waals surface area contributed by atoms with Crippen LogP contribution in [0.15, 0.2) is 0 Å². The third-order valence-corrected chi connectivity index (χ3v) is 4.34. The summed E-state index contributed by atoms with van der Waals surface area (Å²) in [5.41, 5.74) is 0. The number of hydrogen-bond donors (Lipinski definition) is 1. The Bertz CT molecular complexity index is 198. The minimum absolute atomic E-state index is 0.772. The van der Waals surface area contributed by atoms with Gasteiger partial charge in [-0.15, -0.1) is 0 Å². The molecule has 100 valence electrons. The number of piperidine rings is 1. The van der Waals surface area contributed by atoms with Gasteiger partial charge in [0.25, 0.3) is 0 Å². The molecule has 3 nitrogen and oxygen atoms in total. The van der Waals surface area contributed by atoms with Gasteiger partial charge in [-0.3, -0.25) is 0 Å². The van der Waals surface area contributed by atoms with E-state index >= 15 is 0 Å². The molecule has 1 atom stereocenters. The van der Waals surface area contributed by atoms with Crippen LogP contribution in [-0.4, -0.2) is 50.8 Å². The third-order valence-electron chi connectivity index (χ3n) is 4.34. The van der Waals surface area contributed by atoms with E-state index in [1.165, 1.54) is 58.2 Å². The Morgan fingerprint density at radius 2 is 2.06 bits per heavy atom. The van der Waals surface area contributed by atoms with E-state index in [-0.39, 0.29) is 0 Å². The molecule has 0 aromatic heterocycles. The number of ether oxygens (including phenoxy) is 1. The summed E-state index contributed by atoms with van der Waals surface area (Å²) in [5.74, 6) is 0.937. The lowest BCUT2D eigenvalue weighted by Crippen LogP contribution is -2.37. The quantitative estimate of drug-likeness (QED) is 0.794. The maximum Gasteiger partial charge on any atom is 0.0480 e. The summed E-state index contributed by atoms with van der Waals surface area (Å²) in [6.07, 6.45) is 8.03. The highest BCUT2D eigenvalue weighted by molar-refractivity contribution is 4.73. The van der Waals surface area contributed by atoms with Gasteiger partial charge < -0.3 is 15.0 Å². The standard InChI is InChI=1S/C14H28N2O/c1-16(14-6-10-17-11-7-14)9-3-5-13-4-2-8-15-12-13/h13-15H,2-12H2,1H3. The summed E-state index contributed by atoms with van der Waals surface area (Å²) >= 11 is 0. The summed E-state index contributed by atoms with van der Waals surface area (Å²) in [5, 5.41) is 3.51. The lowest BCUT2D eigenvalue weighted by Gasteiger charge is -2.31. The average molecular weight is 240 g/mol. The molecule has 17 heavy (non-hydrogen) atoms. The summed E-state index contributed by atoms with van der Waals surface area (Å²) in [6, 6.07) is 0.772. The lowest BCUT2D eigenvalue weighted by atomic mass is 9.94.